The zero-order valence-corrected chi connectivity index (χ0v) is 9.61. The number of nitrogens with zero attached hydrogens (tertiary/aromatic N) is 1. The van der Waals surface area contributed by atoms with Crippen molar-refractivity contribution in [2.45, 2.75) is 6.42 Å². The molecule has 16 heavy (non-hydrogen) atoms. The van der Waals surface area contributed by atoms with Crippen molar-refractivity contribution in [2.75, 3.05) is 44.7 Å². The van der Waals surface area contributed by atoms with E-state index in [4.69, 9.17) is 4.74 Å². The van der Waals surface area contributed by atoms with Crippen molar-refractivity contribution >= 4 is 5.69 Å². The molecule has 0 spiro atoms. The van der Waals surface area contributed by atoms with E-state index < -0.39 is 0 Å². The minimum atomic E-state index is 0.890. The van der Waals surface area contributed by atoms with Crippen LogP contribution in [0.2, 0.25) is 0 Å². The van der Waals surface area contributed by atoms with Gasteiger partial charge in [0.15, 0.2) is 0 Å². The molecule has 0 aliphatic carbocycles. The van der Waals surface area contributed by atoms with Crippen LogP contribution in [0.15, 0.2) is 24.3 Å². The van der Waals surface area contributed by atoms with Crippen molar-refractivity contribution < 1.29 is 4.74 Å². The molecule has 1 aliphatic heterocycles. The maximum absolute atomic E-state index is 5.31. The van der Waals surface area contributed by atoms with Crippen LogP contribution in [0, 0.1) is 6.07 Å². The van der Waals surface area contributed by atoms with Crippen LogP contribution in [0.25, 0.3) is 0 Å². The minimum Gasteiger partial charge on any atom is -0.385 e. The molecule has 1 saturated heterocycles. The summed E-state index contributed by atoms with van der Waals surface area (Å²) in [6.45, 7) is 6.13. The highest BCUT2D eigenvalue weighted by Gasteiger charge is 2.08. The number of ether oxygens (including phenoxy) is 1. The van der Waals surface area contributed by atoms with Gasteiger partial charge in [-0.25, -0.2) is 0 Å². The van der Waals surface area contributed by atoms with Crippen molar-refractivity contribution in [1.29, 1.82) is 0 Å². The number of benzene rings is 1. The van der Waals surface area contributed by atoms with Crippen LogP contribution in [0.1, 0.15) is 6.42 Å². The molecule has 0 unspecified atom stereocenters. The summed E-state index contributed by atoms with van der Waals surface area (Å²) < 4.78 is 5.31. The molecule has 0 bridgehead atoms. The lowest BCUT2D eigenvalue weighted by atomic mass is 10.3. The zero-order chi connectivity index (χ0) is 11.1. The second-order valence-corrected chi connectivity index (χ2v) is 4.03. The molecule has 0 saturated carbocycles. The highest BCUT2D eigenvalue weighted by atomic mass is 16.5. The first-order valence-electron chi connectivity index (χ1n) is 5.95. The number of rotatable bonds is 5. The lowest BCUT2D eigenvalue weighted by Crippen LogP contribution is -2.37. The summed E-state index contributed by atoms with van der Waals surface area (Å²) in [5, 5.41) is 3.40. The molecule has 1 aromatic rings. The third-order valence-electron chi connectivity index (χ3n) is 2.79. The number of hydrogen-bond acceptors (Lipinski definition) is 3. The van der Waals surface area contributed by atoms with Crippen molar-refractivity contribution in [3.63, 3.8) is 0 Å². The van der Waals surface area contributed by atoms with Gasteiger partial charge in [-0.05, 0) is 31.2 Å². The summed E-state index contributed by atoms with van der Waals surface area (Å²) in [6.07, 6.45) is 1.18. The Hall–Kier alpha value is -1.06. The van der Waals surface area contributed by atoms with Gasteiger partial charge in [0.2, 0.25) is 0 Å². The van der Waals surface area contributed by atoms with Crippen LogP contribution in [0.3, 0.4) is 0 Å². The summed E-state index contributed by atoms with van der Waals surface area (Å²) in [7, 11) is 0. The van der Waals surface area contributed by atoms with Gasteiger partial charge < -0.3 is 10.1 Å². The number of morpholine rings is 1. The topological polar surface area (TPSA) is 24.5 Å². The van der Waals surface area contributed by atoms with Gasteiger partial charge in [0.05, 0.1) is 13.2 Å². The molecule has 1 aromatic carbocycles. The van der Waals surface area contributed by atoms with E-state index in [-0.39, 0.29) is 0 Å². The second-order valence-electron chi connectivity index (χ2n) is 4.03. The van der Waals surface area contributed by atoms with E-state index in [2.05, 4.69) is 22.3 Å². The first kappa shape index (κ1) is 11.4. The molecule has 3 nitrogen and oxygen atoms in total. The van der Waals surface area contributed by atoms with Gasteiger partial charge in [-0.2, -0.15) is 0 Å². The summed E-state index contributed by atoms with van der Waals surface area (Å²) in [4.78, 5) is 2.46. The Bertz CT molecular complexity index is 283. The maximum Gasteiger partial charge on any atom is 0.0594 e. The van der Waals surface area contributed by atoms with Crippen LogP contribution in [-0.2, 0) is 4.74 Å². The van der Waals surface area contributed by atoms with E-state index in [0.29, 0.717) is 0 Å². The van der Waals surface area contributed by atoms with Crippen LogP contribution in [0.5, 0.6) is 0 Å². The van der Waals surface area contributed by atoms with E-state index in [1.165, 1.54) is 6.42 Å². The number of hydrogen-bond donors (Lipinski definition) is 1. The summed E-state index contributed by atoms with van der Waals surface area (Å²) in [5.41, 5.74) is 1.16. The molecule has 3 heteroatoms. The molecule has 0 amide bonds. The fraction of sp³-hybridized carbons (Fsp3) is 0.538. The Kier molecular flexibility index (Phi) is 4.65. The smallest absolute Gasteiger partial charge is 0.0594 e. The van der Waals surface area contributed by atoms with Crippen molar-refractivity contribution in [3.8, 4) is 0 Å². The van der Waals surface area contributed by atoms with E-state index in [1.807, 2.05) is 18.2 Å². The van der Waals surface area contributed by atoms with Gasteiger partial charge >= 0.3 is 0 Å². The molecule has 0 aromatic heterocycles. The Morgan fingerprint density at radius 3 is 3.00 bits per heavy atom. The molecule has 1 heterocycles. The lowest BCUT2D eigenvalue weighted by Gasteiger charge is -2.26. The summed E-state index contributed by atoms with van der Waals surface area (Å²) in [5.74, 6) is 0. The molecular weight excluding hydrogens is 200 g/mol. The monoisotopic (exact) mass is 219 g/mol. The largest absolute Gasteiger partial charge is 0.385 e. The van der Waals surface area contributed by atoms with Crippen molar-refractivity contribution in [1.82, 2.24) is 4.90 Å². The van der Waals surface area contributed by atoms with Crippen LogP contribution in [-0.4, -0.2) is 44.3 Å². The van der Waals surface area contributed by atoms with Gasteiger partial charge in [-0.3, -0.25) is 4.90 Å². The molecular formula is C13H19N2O. The Morgan fingerprint density at radius 2 is 2.25 bits per heavy atom. The number of anilines is 1. The first-order chi connectivity index (χ1) is 7.95. The quantitative estimate of drug-likeness (QED) is 0.762. The fourth-order valence-electron chi connectivity index (χ4n) is 1.86. The third-order valence-corrected chi connectivity index (χ3v) is 2.79. The molecule has 2 rings (SSSR count). The molecule has 1 fully saturated rings. The van der Waals surface area contributed by atoms with Gasteiger partial charge in [0, 0.05) is 25.3 Å². The highest BCUT2D eigenvalue weighted by Crippen LogP contribution is 2.04. The summed E-state index contributed by atoms with van der Waals surface area (Å²) >= 11 is 0. The predicted octanol–water partition coefficient (Wildman–Crippen LogP) is 1.62. The lowest BCUT2D eigenvalue weighted by molar-refractivity contribution is 0.0378. The average molecular weight is 219 g/mol. The average Bonchev–Trinajstić information content (AvgIpc) is 2.37. The van der Waals surface area contributed by atoms with Gasteiger partial charge in [0.25, 0.3) is 0 Å². The third kappa shape index (κ3) is 3.83. The van der Waals surface area contributed by atoms with Crippen LogP contribution < -0.4 is 5.32 Å². The van der Waals surface area contributed by atoms with Gasteiger partial charge in [0.1, 0.15) is 0 Å². The van der Waals surface area contributed by atoms with Crippen molar-refractivity contribution in [3.05, 3.63) is 30.3 Å². The molecule has 87 valence electrons. The van der Waals surface area contributed by atoms with Gasteiger partial charge in [-0.1, -0.05) is 12.1 Å². The highest BCUT2D eigenvalue weighted by molar-refractivity contribution is 5.41. The fourth-order valence-corrected chi connectivity index (χ4v) is 1.86. The van der Waals surface area contributed by atoms with Crippen LogP contribution in [0.4, 0.5) is 5.69 Å². The standard InChI is InChI=1S/C13H19N2O/c1-2-5-13(6-3-1)14-7-4-8-15-9-11-16-12-10-15/h1-2,5-6,14H,4,7-12H2. The Morgan fingerprint density at radius 1 is 1.38 bits per heavy atom. The molecule has 1 radical (unpaired) electrons. The normalized spacial score (nSPS) is 17.2. The van der Waals surface area contributed by atoms with E-state index in [0.717, 1.165) is 45.1 Å². The van der Waals surface area contributed by atoms with Gasteiger partial charge in [-0.15, -0.1) is 0 Å². The zero-order valence-electron chi connectivity index (χ0n) is 9.61. The van der Waals surface area contributed by atoms with E-state index in [9.17, 15) is 0 Å². The Labute approximate surface area is 97.4 Å². The summed E-state index contributed by atoms with van der Waals surface area (Å²) in [6, 6.07) is 11.0. The number of nitrogens with one attached hydrogen (secondary N) is 1. The van der Waals surface area contributed by atoms with E-state index >= 15 is 0 Å². The van der Waals surface area contributed by atoms with Crippen LogP contribution >= 0.6 is 0 Å². The maximum atomic E-state index is 5.31. The van der Waals surface area contributed by atoms with Crippen molar-refractivity contribution in [2.24, 2.45) is 0 Å². The molecule has 0 atom stereocenters. The Balaban J connectivity index is 1.58. The molecule has 1 aliphatic rings. The first-order valence-corrected chi connectivity index (χ1v) is 5.95. The minimum absolute atomic E-state index is 0.890. The SMILES string of the molecule is [c]1cccc(NCCCN2CCOCC2)c1. The molecule has 1 N–H and O–H groups in total. The van der Waals surface area contributed by atoms with E-state index in [1.54, 1.807) is 0 Å². The second kappa shape index (κ2) is 6.51. The predicted molar refractivity (Wildman–Crippen MR) is 65.6 cm³/mol.